The van der Waals surface area contributed by atoms with Gasteiger partial charge in [-0.3, -0.25) is 9.78 Å². The zero-order chi connectivity index (χ0) is 13.8. The first kappa shape index (κ1) is 13.3. The van der Waals surface area contributed by atoms with Gasteiger partial charge in [0.15, 0.2) is 0 Å². The monoisotopic (exact) mass is 255 g/mol. The van der Waals surface area contributed by atoms with Gasteiger partial charge in [0, 0.05) is 18.0 Å². The van der Waals surface area contributed by atoms with Crippen molar-refractivity contribution in [1.29, 1.82) is 0 Å². The minimum Gasteiger partial charge on any atom is -0.481 e. The molecule has 98 valence electrons. The van der Waals surface area contributed by atoms with Crippen LogP contribution in [0.1, 0.15) is 30.4 Å². The van der Waals surface area contributed by atoms with Crippen LogP contribution in [0.25, 0.3) is 11.1 Å². The van der Waals surface area contributed by atoms with Gasteiger partial charge in [0.2, 0.25) is 0 Å². The first-order valence-corrected chi connectivity index (χ1v) is 6.30. The summed E-state index contributed by atoms with van der Waals surface area (Å²) in [4.78, 5) is 15.0. The summed E-state index contributed by atoms with van der Waals surface area (Å²) in [7, 11) is 0. The summed E-state index contributed by atoms with van der Waals surface area (Å²) in [6.45, 7) is 3.96. The van der Waals surface area contributed by atoms with Gasteiger partial charge in [-0.2, -0.15) is 0 Å². The second kappa shape index (κ2) is 5.65. The molecule has 0 saturated heterocycles. The Morgan fingerprint density at radius 1 is 1.21 bits per heavy atom. The zero-order valence-corrected chi connectivity index (χ0v) is 11.1. The van der Waals surface area contributed by atoms with Crippen molar-refractivity contribution in [2.24, 2.45) is 0 Å². The van der Waals surface area contributed by atoms with Crippen molar-refractivity contribution in [3.05, 3.63) is 53.9 Å². The van der Waals surface area contributed by atoms with Crippen LogP contribution in [-0.4, -0.2) is 16.1 Å². The van der Waals surface area contributed by atoms with Crippen molar-refractivity contribution in [2.45, 2.75) is 26.2 Å². The van der Waals surface area contributed by atoms with Crippen molar-refractivity contribution < 1.29 is 9.90 Å². The normalized spacial score (nSPS) is 12.1. The third-order valence-electron chi connectivity index (χ3n) is 3.19. The van der Waals surface area contributed by atoms with Crippen molar-refractivity contribution in [1.82, 2.24) is 4.98 Å². The second-order valence-corrected chi connectivity index (χ2v) is 4.87. The first-order valence-electron chi connectivity index (χ1n) is 6.30. The zero-order valence-electron chi connectivity index (χ0n) is 11.1. The molecule has 0 radical (unpaired) electrons. The third kappa shape index (κ3) is 3.41. The number of hydrogen-bond donors (Lipinski definition) is 1. The van der Waals surface area contributed by atoms with Gasteiger partial charge in [-0.25, -0.2) is 0 Å². The van der Waals surface area contributed by atoms with E-state index >= 15 is 0 Å². The molecule has 3 heteroatoms. The molecule has 0 spiro atoms. The van der Waals surface area contributed by atoms with Crippen LogP contribution in [0.15, 0.2) is 42.7 Å². The van der Waals surface area contributed by atoms with E-state index in [4.69, 9.17) is 5.11 Å². The topological polar surface area (TPSA) is 50.2 Å². The minimum atomic E-state index is -0.784. The van der Waals surface area contributed by atoms with Crippen LogP contribution in [-0.2, 0) is 4.79 Å². The molecular formula is C16H17NO2. The third-order valence-corrected chi connectivity index (χ3v) is 3.19. The van der Waals surface area contributed by atoms with Gasteiger partial charge in [0.05, 0.1) is 6.42 Å². The maximum Gasteiger partial charge on any atom is 0.303 e. The van der Waals surface area contributed by atoms with E-state index in [1.807, 2.05) is 26.1 Å². The predicted octanol–water partition coefficient (Wildman–Crippen LogP) is 3.64. The Balaban J connectivity index is 2.28. The fraction of sp³-hybridized carbons (Fsp3) is 0.250. The molecule has 0 aliphatic carbocycles. The number of carbonyl (C=O) groups is 1. The van der Waals surface area contributed by atoms with Gasteiger partial charge >= 0.3 is 5.97 Å². The Morgan fingerprint density at radius 3 is 2.53 bits per heavy atom. The number of carboxylic acids is 1. The highest BCUT2D eigenvalue weighted by Gasteiger charge is 2.11. The Labute approximate surface area is 112 Å². The van der Waals surface area contributed by atoms with Gasteiger partial charge < -0.3 is 5.11 Å². The highest BCUT2D eigenvalue weighted by Crippen LogP contribution is 2.24. The maximum atomic E-state index is 10.8. The van der Waals surface area contributed by atoms with Crippen LogP contribution >= 0.6 is 0 Å². The number of carboxylic acid groups (broad SMARTS) is 1. The quantitative estimate of drug-likeness (QED) is 0.907. The van der Waals surface area contributed by atoms with Gasteiger partial charge in [-0.1, -0.05) is 36.8 Å². The molecule has 0 aliphatic heterocycles. The van der Waals surface area contributed by atoms with E-state index in [0.29, 0.717) is 0 Å². The van der Waals surface area contributed by atoms with E-state index in [0.717, 1.165) is 16.7 Å². The second-order valence-electron chi connectivity index (χ2n) is 4.87. The molecule has 1 aromatic carbocycles. The fourth-order valence-electron chi connectivity index (χ4n) is 2.01. The van der Waals surface area contributed by atoms with Crippen LogP contribution in [0.3, 0.4) is 0 Å². The molecule has 1 unspecified atom stereocenters. The molecular weight excluding hydrogens is 238 g/mol. The lowest BCUT2D eigenvalue weighted by atomic mass is 9.96. The van der Waals surface area contributed by atoms with Gasteiger partial charge in [-0.15, -0.1) is 0 Å². The van der Waals surface area contributed by atoms with Crippen LogP contribution < -0.4 is 0 Å². The first-order chi connectivity index (χ1) is 9.06. The van der Waals surface area contributed by atoms with Crippen molar-refractivity contribution in [2.75, 3.05) is 0 Å². The van der Waals surface area contributed by atoms with Gasteiger partial charge in [0.25, 0.3) is 0 Å². The average molecular weight is 255 g/mol. The fourth-order valence-corrected chi connectivity index (χ4v) is 2.01. The van der Waals surface area contributed by atoms with Crippen LogP contribution in [0.4, 0.5) is 0 Å². The van der Waals surface area contributed by atoms with Crippen molar-refractivity contribution in [3.8, 4) is 11.1 Å². The lowest BCUT2D eigenvalue weighted by Crippen LogP contribution is -2.03. The number of benzene rings is 1. The number of pyridine rings is 1. The standard InChI is InChI=1S/C16H17NO2/c1-11-3-5-13(6-4-11)15-8-14(9-17-10-15)12(2)7-16(18)19/h3-6,8-10,12H,7H2,1-2H3,(H,18,19). The lowest BCUT2D eigenvalue weighted by molar-refractivity contribution is -0.137. The molecule has 0 amide bonds. The SMILES string of the molecule is Cc1ccc(-c2cncc(C(C)CC(=O)O)c2)cc1. The number of aromatic nitrogens is 1. The van der Waals surface area contributed by atoms with Gasteiger partial charge in [-0.05, 0) is 30.0 Å². The molecule has 1 N–H and O–H groups in total. The summed E-state index contributed by atoms with van der Waals surface area (Å²) in [5, 5.41) is 8.84. The highest BCUT2D eigenvalue weighted by atomic mass is 16.4. The summed E-state index contributed by atoms with van der Waals surface area (Å²) in [5.41, 5.74) is 4.30. The number of nitrogens with zero attached hydrogens (tertiary/aromatic N) is 1. The van der Waals surface area contributed by atoms with E-state index in [9.17, 15) is 4.79 Å². The summed E-state index contributed by atoms with van der Waals surface area (Å²) in [6, 6.07) is 10.2. The molecule has 0 aliphatic rings. The molecule has 19 heavy (non-hydrogen) atoms. The largest absolute Gasteiger partial charge is 0.481 e. The number of aryl methyl sites for hydroxylation is 1. The smallest absolute Gasteiger partial charge is 0.303 e. The molecule has 1 atom stereocenters. The molecule has 0 saturated carbocycles. The summed E-state index contributed by atoms with van der Waals surface area (Å²) in [6.07, 6.45) is 3.67. The number of rotatable bonds is 4. The summed E-state index contributed by atoms with van der Waals surface area (Å²) >= 11 is 0. The predicted molar refractivity (Wildman–Crippen MR) is 75.1 cm³/mol. The van der Waals surface area contributed by atoms with Crippen LogP contribution in [0.5, 0.6) is 0 Å². The van der Waals surface area contributed by atoms with E-state index in [1.165, 1.54) is 5.56 Å². The number of aliphatic carboxylic acids is 1. The highest BCUT2D eigenvalue weighted by molar-refractivity contribution is 5.68. The van der Waals surface area contributed by atoms with Crippen molar-refractivity contribution >= 4 is 5.97 Å². The molecule has 0 bridgehead atoms. The number of hydrogen-bond acceptors (Lipinski definition) is 2. The Morgan fingerprint density at radius 2 is 1.89 bits per heavy atom. The van der Waals surface area contributed by atoms with Crippen molar-refractivity contribution in [3.63, 3.8) is 0 Å². The van der Waals surface area contributed by atoms with Gasteiger partial charge in [0.1, 0.15) is 0 Å². The molecule has 3 nitrogen and oxygen atoms in total. The molecule has 1 heterocycles. The summed E-state index contributed by atoms with van der Waals surface area (Å²) < 4.78 is 0. The van der Waals surface area contributed by atoms with Crippen LogP contribution in [0.2, 0.25) is 0 Å². The molecule has 2 aromatic rings. The Hall–Kier alpha value is -2.16. The molecule has 0 fully saturated rings. The molecule has 2 rings (SSSR count). The minimum absolute atomic E-state index is 0.0320. The van der Waals surface area contributed by atoms with Crippen LogP contribution in [0, 0.1) is 6.92 Å². The van der Waals surface area contributed by atoms with E-state index in [-0.39, 0.29) is 12.3 Å². The van der Waals surface area contributed by atoms with E-state index in [1.54, 1.807) is 6.20 Å². The summed E-state index contributed by atoms with van der Waals surface area (Å²) in [5.74, 6) is -0.816. The maximum absolute atomic E-state index is 10.8. The Bertz CT molecular complexity index is 576. The van der Waals surface area contributed by atoms with E-state index in [2.05, 4.69) is 29.2 Å². The lowest BCUT2D eigenvalue weighted by Gasteiger charge is -2.10. The Kier molecular flexibility index (Phi) is 3.95. The van der Waals surface area contributed by atoms with E-state index < -0.39 is 5.97 Å². The molecule has 1 aromatic heterocycles. The average Bonchev–Trinajstić information content (AvgIpc) is 2.39.